The highest BCUT2D eigenvalue weighted by atomic mass is 16.3. The summed E-state index contributed by atoms with van der Waals surface area (Å²) in [5.41, 5.74) is 6.36. The normalized spacial score (nSPS) is 10.9. The number of hydrogen-bond donors (Lipinski definition) is 1. The molecule has 0 fully saturated rings. The van der Waals surface area contributed by atoms with Gasteiger partial charge in [-0.2, -0.15) is 0 Å². The van der Waals surface area contributed by atoms with Gasteiger partial charge in [0.25, 0.3) is 0 Å². The molecule has 0 aliphatic rings. The second kappa shape index (κ2) is 4.64. The Kier molecular flexibility index (Phi) is 2.94. The van der Waals surface area contributed by atoms with Crippen molar-refractivity contribution in [2.24, 2.45) is 0 Å². The number of phenols is 1. The lowest BCUT2D eigenvalue weighted by Crippen LogP contribution is -1.90. The molecule has 0 amide bonds. The highest BCUT2D eigenvalue weighted by Crippen LogP contribution is 2.34. The van der Waals surface area contributed by atoms with E-state index in [9.17, 15) is 5.11 Å². The molecule has 100 valence electrons. The summed E-state index contributed by atoms with van der Waals surface area (Å²) in [4.78, 5) is 4.46. The highest BCUT2D eigenvalue weighted by Gasteiger charge is 2.10. The van der Waals surface area contributed by atoms with E-state index in [2.05, 4.69) is 37.0 Å². The fourth-order valence-corrected chi connectivity index (χ4v) is 2.65. The number of aromatic nitrogens is 1. The van der Waals surface area contributed by atoms with E-state index in [4.69, 9.17) is 0 Å². The van der Waals surface area contributed by atoms with Crippen LogP contribution in [0.2, 0.25) is 0 Å². The van der Waals surface area contributed by atoms with E-state index in [0.717, 1.165) is 16.6 Å². The van der Waals surface area contributed by atoms with E-state index in [1.54, 1.807) is 6.07 Å². The van der Waals surface area contributed by atoms with Crippen molar-refractivity contribution in [3.05, 3.63) is 59.3 Å². The molecule has 1 N–H and O–H groups in total. The Labute approximate surface area is 118 Å². The third kappa shape index (κ3) is 2.03. The second-order valence-electron chi connectivity index (χ2n) is 5.30. The van der Waals surface area contributed by atoms with Crippen LogP contribution in [0, 0.1) is 20.8 Å². The summed E-state index contributed by atoms with van der Waals surface area (Å²) >= 11 is 0. The largest absolute Gasteiger partial charge is 0.506 e. The molecule has 0 aliphatic heterocycles. The monoisotopic (exact) mass is 263 g/mol. The molecule has 3 aromatic rings. The van der Waals surface area contributed by atoms with Crippen molar-refractivity contribution in [2.45, 2.75) is 20.8 Å². The summed E-state index contributed by atoms with van der Waals surface area (Å²) in [6.07, 6.45) is 0. The molecule has 3 rings (SSSR count). The lowest BCUT2D eigenvalue weighted by atomic mass is 9.95. The SMILES string of the molecule is Cc1ccc(-c2ccc(O)c3nc(C)ccc23)c(C)c1. The Morgan fingerprint density at radius 3 is 2.35 bits per heavy atom. The Balaban J connectivity index is 2.34. The molecule has 2 aromatic carbocycles. The van der Waals surface area contributed by atoms with Gasteiger partial charge < -0.3 is 5.11 Å². The predicted molar refractivity (Wildman–Crippen MR) is 83.1 cm³/mol. The second-order valence-corrected chi connectivity index (χ2v) is 5.30. The zero-order chi connectivity index (χ0) is 14.3. The summed E-state index contributed by atoms with van der Waals surface area (Å²) in [5, 5.41) is 11.0. The minimum atomic E-state index is 0.234. The molecule has 1 heterocycles. The molecular formula is C18H17NO. The smallest absolute Gasteiger partial charge is 0.141 e. The van der Waals surface area contributed by atoms with Crippen molar-refractivity contribution >= 4 is 10.9 Å². The van der Waals surface area contributed by atoms with Gasteiger partial charge >= 0.3 is 0 Å². The number of fused-ring (bicyclic) bond motifs is 1. The average Bonchev–Trinajstić information content (AvgIpc) is 2.41. The van der Waals surface area contributed by atoms with E-state index in [1.807, 2.05) is 25.1 Å². The van der Waals surface area contributed by atoms with Crippen LogP contribution < -0.4 is 0 Å². The Morgan fingerprint density at radius 2 is 1.60 bits per heavy atom. The number of aryl methyl sites for hydroxylation is 3. The maximum Gasteiger partial charge on any atom is 0.141 e. The van der Waals surface area contributed by atoms with Gasteiger partial charge in [-0.1, -0.05) is 29.8 Å². The van der Waals surface area contributed by atoms with Crippen molar-refractivity contribution < 1.29 is 5.11 Å². The van der Waals surface area contributed by atoms with Crippen molar-refractivity contribution in [3.63, 3.8) is 0 Å². The number of aromatic hydroxyl groups is 1. The van der Waals surface area contributed by atoms with Crippen molar-refractivity contribution in [1.82, 2.24) is 4.98 Å². The standard InChI is InChI=1S/C18H17NO/c1-11-4-6-14(12(2)10-11)15-8-9-17(20)18-16(15)7-5-13(3)19-18/h4-10,20H,1-3H3. The van der Waals surface area contributed by atoms with Crippen LogP contribution in [0.5, 0.6) is 5.75 Å². The topological polar surface area (TPSA) is 33.1 Å². The predicted octanol–water partition coefficient (Wildman–Crippen LogP) is 4.53. The van der Waals surface area contributed by atoms with Gasteiger partial charge in [0.1, 0.15) is 11.3 Å². The van der Waals surface area contributed by atoms with Crippen LogP contribution in [0.15, 0.2) is 42.5 Å². The number of hydrogen-bond acceptors (Lipinski definition) is 2. The van der Waals surface area contributed by atoms with Crippen molar-refractivity contribution in [2.75, 3.05) is 0 Å². The molecule has 1 aromatic heterocycles. The van der Waals surface area contributed by atoms with Gasteiger partial charge in [0.05, 0.1) is 0 Å². The van der Waals surface area contributed by atoms with Crippen LogP contribution in [0.1, 0.15) is 16.8 Å². The van der Waals surface area contributed by atoms with Crippen LogP contribution >= 0.6 is 0 Å². The lowest BCUT2D eigenvalue weighted by Gasteiger charge is -2.11. The minimum Gasteiger partial charge on any atom is -0.506 e. The molecule has 0 bridgehead atoms. The van der Waals surface area contributed by atoms with Gasteiger partial charge in [-0.15, -0.1) is 0 Å². The molecule has 0 radical (unpaired) electrons. The maximum atomic E-state index is 10.0. The lowest BCUT2D eigenvalue weighted by molar-refractivity contribution is 0.480. The molecule has 0 aliphatic carbocycles. The Hall–Kier alpha value is -2.35. The summed E-state index contributed by atoms with van der Waals surface area (Å²) in [6.45, 7) is 6.14. The van der Waals surface area contributed by atoms with E-state index < -0.39 is 0 Å². The van der Waals surface area contributed by atoms with E-state index in [-0.39, 0.29) is 5.75 Å². The van der Waals surface area contributed by atoms with Gasteiger partial charge in [0.15, 0.2) is 0 Å². The van der Waals surface area contributed by atoms with Crippen LogP contribution in [0.3, 0.4) is 0 Å². The fraction of sp³-hybridized carbons (Fsp3) is 0.167. The van der Waals surface area contributed by atoms with Crippen LogP contribution in [0.25, 0.3) is 22.0 Å². The van der Waals surface area contributed by atoms with Gasteiger partial charge in [-0.3, -0.25) is 0 Å². The first-order valence-corrected chi connectivity index (χ1v) is 6.73. The number of phenolic OH excluding ortho intramolecular Hbond substituents is 1. The highest BCUT2D eigenvalue weighted by molar-refractivity contribution is 5.98. The van der Waals surface area contributed by atoms with Crippen LogP contribution in [-0.2, 0) is 0 Å². The third-order valence-corrected chi connectivity index (χ3v) is 3.65. The Bertz CT molecular complexity index is 806. The Morgan fingerprint density at radius 1 is 0.850 bits per heavy atom. The molecule has 2 nitrogen and oxygen atoms in total. The van der Waals surface area contributed by atoms with E-state index >= 15 is 0 Å². The summed E-state index contributed by atoms with van der Waals surface area (Å²) < 4.78 is 0. The molecule has 0 atom stereocenters. The van der Waals surface area contributed by atoms with Gasteiger partial charge in [0.2, 0.25) is 0 Å². The third-order valence-electron chi connectivity index (χ3n) is 3.65. The molecular weight excluding hydrogens is 246 g/mol. The number of rotatable bonds is 1. The van der Waals surface area contributed by atoms with E-state index in [1.165, 1.54) is 16.7 Å². The molecule has 0 saturated heterocycles. The molecule has 2 heteroatoms. The number of pyridine rings is 1. The number of benzene rings is 2. The molecule has 0 saturated carbocycles. The van der Waals surface area contributed by atoms with E-state index in [0.29, 0.717) is 5.52 Å². The maximum absolute atomic E-state index is 10.0. The summed E-state index contributed by atoms with van der Waals surface area (Å²) in [6, 6.07) is 14.1. The van der Waals surface area contributed by atoms with Gasteiger partial charge in [-0.05, 0) is 55.7 Å². The van der Waals surface area contributed by atoms with Gasteiger partial charge in [0, 0.05) is 11.1 Å². The van der Waals surface area contributed by atoms with Crippen molar-refractivity contribution in [3.8, 4) is 16.9 Å². The number of nitrogens with zero attached hydrogens (tertiary/aromatic N) is 1. The summed E-state index contributed by atoms with van der Waals surface area (Å²) in [7, 11) is 0. The summed E-state index contributed by atoms with van der Waals surface area (Å²) in [5.74, 6) is 0.234. The first-order chi connectivity index (χ1) is 9.56. The zero-order valence-electron chi connectivity index (χ0n) is 11.9. The first kappa shape index (κ1) is 12.7. The molecule has 0 unspecified atom stereocenters. The van der Waals surface area contributed by atoms with Crippen molar-refractivity contribution in [1.29, 1.82) is 0 Å². The van der Waals surface area contributed by atoms with Gasteiger partial charge in [-0.25, -0.2) is 4.98 Å². The minimum absolute atomic E-state index is 0.234. The zero-order valence-corrected chi connectivity index (χ0v) is 11.9. The molecule has 20 heavy (non-hydrogen) atoms. The fourth-order valence-electron chi connectivity index (χ4n) is 2.65. The van der Waals surface area contributed by atoms with Crippen LogP contribution in [-0.4, -0.2) is 10.1 Å². The molecule has 0 spiro atoms. The van der Waals surface area contributed by atoms with Crippen LogP contribution in [0.4, 0.5) is 0 Å². The first-order valence-electron chi connectivity index (χ1n) is 6.73. The average molecular weight is 263 g/mol. The quantitative estimate of drug-likeness (QED) is 0.699.